The Hall–Kier alpha value is -7.30. The Labute approximate surface area is 586 Å². The van der Waals surface area contributed by atoms with Crippen molar-refractivity contribution in [3.63, 3.8) is 0 Å². The van der Waals surface area contributed by atoms with Crippen LogP contribution in [0.5, 0.6) is 0 Å². The molecule has 2 fully saturated rings. The van der Waals surface area contributed by atoms with E-state index in [1.165, 1.54) is 6.92 Å². The summed E-state index contributed by atoms with van der Waals surface area (Å²) < 4.78 is 31.7. The van der Waals surface area contributed by atoms with Crippen LogP contribution in [0, 0.1) is 0 Å². The lowest BCUT2D eigenvalue weighted by molar-refractivity contribution is -0.141. The van der Waals surface area contributed by atoms with Gasteiger partial charge >= 0.3 is 5.97 Å². The van der Waals surface area contributed by atoms with E-state index in [0.717, 1.165) is 35.3 Å². The molecule has 7 atom stereocenters. The Morgan fingerprint density at radius 3 is 1.63 bits per heavy atom. The van der Waals surface area contributed by atoms with Crippen LogP contribution in [-0.2, 0) is 97.2 Å². The number of alkyl halides is 1. The highest BCUT2D eigenvalue weighted by molar-refractivity contribution is 8.16. The van der Waals surface area contributed by atoms with Gasteiger partial charge in [0.1, 0.15) is 54.8 Å². The fourth-order valence-electron chi connectivity index (χ4n) is 8.38. The highest BCUT2D eigenvalue weighted by atomic mass is 35.5. The predicted molar refractivity (Wildman–Crippen MR) is 365 cm³/mol. The van der Waals surface area contributed by atoms with E-state index in [1.54, 1.807) is 30.3 Å². The lowest BCUT2D eigenvalue weighted by atomic mass is 10.0. The van der Waals surface area contributed by atoms with Gasteiger partial charge in [0, 0.05) is 68.5 Å². The van der Waals surface area contributed by atoms with Crippen LogP contribution < -0.4 is 75.7 Å². The maximum atomic E-state index is 14.2. The molecule has 35 nitrogen and oxygen atoms in total. The summed E-state index contributed by atoms with van der Waals surface area (Å²) in [6.07, 6.45) is -0.152. The second-order valence-corrected chi connectivity index (χ2v) is 25.0. The van der Waals surface area contributed by atoms with Crippen LogP contribution in [0.4, 0.5) is 0 Å². The molecular weight excluding hydrogens is 1370 g/mol. The second-order valence-electron chi connectivity index (χ2n) is 21.3. The van der Waals surface area contributed by atoms with E-state index in [1.807, 2.05) is 6.92 Å². The lowest BCUT2D eigenvalue weighted by Gasteiger charge is -2.26. The van der Waals surface area contributed by atoms with Crippen molar-refractivity contribution in [3.8, 4) is 0 Å². The number of carboxylic acids is 1. The van der Waals surface area contributed by atoms with E-state index in [9.17, 15) is 67.4 Å². The molecule has 2 bridgehead atoms. The molecule has 552 valence electrons. The number of fused-ring (bicyclic) bond motifs is 6. The number of aliphatic imine (C=N–C) groups is 1. The van der Waals surface area contributed by atoms with Crippen LogP contribution >= 0.6 is 46.9 Å². The van der Waals surface area contributed by atoms with Crippen molar-refractivity contribution in [2.45, 2.75) is 101 Å². The van der Waals surface area contributed by atoms with Gasteiger partial charge in [-0.15, -0.1) is 46.9 Å². The molecule has 1 aromatic carbocycles. The van der Waals surface area contributed by atoms with Gasteiger partial charge < -0.3 is 109 Å². The molecule has 0 spiro atoms. The van der Waals surface area contributed by atoms with E-state index in [4.69, 9.17) is 57.2 Å². The number of amides is 12. The minimum Gasteiger partial charge on any atom is -0.481 e. The monoisotopic (exact) mass is 1470 g/mol. The first-order valence-electron chi connectivity index (χ1n) is 31.5. The summed E-state index contributed by atoms with van der Waals surface area (Å²) in [4.78, 5) is 172. The number of carbonyl (C=O) groups is 13. The summed E-state index contributed by atoms with van der Waals surface area (Å²) >= 11 is 8.44. The molecule has 2 aliphatic heterocycles. The van der Waals surface area contributed by atoms with Crippen molar-refractivity contribution in [1.82, 2.24) is 58.5 Å². The highest BCUT2D eigenvalue weighted by Crippen LogP contribution is 2.17. The number of hydrogen-bond donors (Lipinski definition) is 15. The number of ether oxygens (including phenoxy) is 6. The Morgan fingerprint density at radius 2 is 1.09 bits per heavy atom. The number of thioether (sulfide) groups is 3. The molecule has 0 unspecified atom stereocenters. The van der Waals surface area contributed by atoms with Gasteiger partial charge in [0.25, 0.3) is 0 Å². The summed E-state index contributed by atoms with van der Waals surface area (Å²) in [5.41, 5.74) is 17.1. The van der Waals surface area contributed by atoms with Crippen LogP contribution in [0.25, 0.3) is 0 Å². The predicted octanol–water partition coefficient (Wildman–Crippen LogP) is -5.18. The molecule has 12 amide bonds. The molecule has 18 N–H and O–H groups in total. The van der Waals surface area contributed by atoms with Crippen molar-refractivity contribution < 1.29 is 95.9 Å². The van der Waals surface area contributed by atoms with Gasteiger partial charge in [0.05, 0.1) is 84.8 Å². The van der Waals surface area contributed by atoms with Crippen molar-refractivity contribution in [3.05, 3.63) is 35.9 Å². The zero-order valence-electron chi connectivity index (χ0n) is 55.1. The molecule has 3 rings (SSSR count). The Balaban J connectivity index is 0.000000942. The number of halogens is 1. The molecule has 2 heterocycles. The van der Waals surface area contributed by atoms with E-state index in [0.29, 0.717) is 104 Å². The molecule has 0 radical (unpaired) electrons. The minimum absolute atomic E-state index is 0.0431. The van der Waals surface area contributed by atoms with Crippen molar-refractivity contribution >= 4 is 130 Å². The fraction of sp³-hybridized carbons (Fsp3) is 0.661. The maximum absolute atomic E-state index is 14.2. The zero-order valence-corrected chi connectivity index (χ0v) is 58.3. The number of benzene rings is 1. The second kappa shape index (κ2) is 53.6. The number of nitrogens with one attached hydrogen (secondary N) is 11. The quantitative estimate of drug-likeness (QED) is 0.0129. The molecular formula is C59H96ClN15O20S3. The van der Waals surface area contributed by atoms with Crippen molar-refractivity contribution in [2.75, 3.05) is 146 Å². The Bertz CT molecular complexity index is 2680. The Morgan fingerprint density at radius 1 is 0.571 bits per heavy atom. The van der Waals surface area contributed by atoms with E-state index < -0.39 is 114 Å². The van der Waals surface area contributed by atoms with Crippen LogP contribution in [0.2, 0.25) is 0 Å². The number of nitrogens with two attached hydrogens (primary N) is 3. The summed E-state index contributed by atoms with van der Waals surface area (Å²) in [5.74, 6) is -11.2. The number of aliphatic carboxylic acids is 1. The highest BCUT2D eigenvalue weighted by Gasteiger charge is 2.35. The third-order valence-corrected chi connectivity index (χ3v) is 17.0. The average molecular weight is 1470 g/mol. The van der Waals surface area contributed by atoms with Gasteiger partial charge in [-0.3, -0.25) is 67.3 Å². The molecule has 98 heavy (non-hydrogen) atoms. The summed E-state index contributed by atoms with van der Waals surface area (Å²) in [7, 11) is 0. The van der Waals surface area contributed by atoms with Gasteiger partial charge in [-0.25, -0.2) is 0 Å². The zero-order chi connectivity index (χ0) is 72.3. The van der Waals surface area contributed by atoms with Gasteiger partial charge in [-0.05, 0) is 44.6 Å². The number of hydrogen-bond acceptors (Lipinski definition) is 23. The summed E-state index contributed by atoms with van der Waals surface area (Å²) in [5, 5.41) is 37.9. The smallest absolute Gasteiger partial charge is 0.305 e. The number of guanidine groups is 1. The molecule has 0 saturated carbocycles. The van der Waals surface area contributed by atoms with Crippen molar-refractivity contribution in [1.29, 1.82) is 0 Å². The third-order valence-electron chi connectivity index (χ3n) is 13.3. The van der Waals surface area contributed by atoms with Crippen LogP contribution in [-0.4, -0.2) is 276 Å². The van der Waals surface area contributed by atoms with Crippen LogP contribution in [0.1, 0.15) is 57.9 Å². The largest absolute Gasteiger partial charge is 0.481 e. The van der Waals surface area contributed by atoms with Gasteiger partial charge in [0.15, 0.2) is 5.96 Å². The normalized spacial score (nSPS) is 20.3. The first kappa shape index (κ1) is 86.8. The number of nitrogens with zero attached hydrogens (tertiary/aromatic N) is 1. The standard InChI is InChI=1S/C41H61N13O12S3.C18H35ClN2O8/c1-22(55)45-12-6-5-10-25-36(62)53-29-18-68-21-69-19-30(40(66)51-26(14-23-8-3-2-4-9-23)37(63)52-28(34(42)60)17-67-20-32(57)48-25)54-38(64)27(15-33(58)59)49-31(56)16-47-35(61)24(50-39(29)65)11-7-13-46-41(43)44;1-2-24-16-18(23)21-4-6-26-8-10-28-12-14-29-13-11-27-9-7-25-5-3-20-17(22)15-19/h2-4,8-9,24-30H,5-7,10-21H2,1H3,(H2,42,60)(H,45,55)(H,47,61)(H,48,57)(H,49,56)(H,50,65)(H,51,66)(H,52,63)(H,53,62)(H,54,64)(H,58,59)(H4,43,44,46);2-16H2,1H3,(H,20,22)(H,21,23)/t24-,25-,26-,27-,28-,29-,30-;/m0./s1. The number of primary amides is 1. The van der Waals surface area contributed by atoms with E-state index in [-0.39, 0.29) is 103 Å². The van der Waals surface area contributed by atoms with Crippen LogP contribution in [0.3, 0.4) is 0 Å². The molecule has 39 heteroatoms. The number of rotatable bonds is 36. The first-order valence-corrected chi connectivity index (χ1v) is 35.5. The summed E-state index contributed by atoms with van der Waals surface area (Å²) in [6.45, 7) is 8.80. The lowest BCUT2D eigenvalue weighted by Crippen LogP contribution is -2.60. The molecule has 2 aliphatic rings. The molecule has 0 aromatic heterocycles. The molecule has 0 aliphatic carbocycles. The number of unbranched alkanes of at least 4 members (excludes halogenated alkanes) is 1. The van der Waals surface area contributed by atoms with E-state index >= 15 is 0 Å². The molecule has 1 aromatic rings. The molecule has 2 saturated heterocycles. The fourth-order valence-corrected chi connectivity index (χ4v) is 11.5. The van der Waals surface area contributed by atoms with Gasteiger partial charge in [0.2, 0.25) is 70.9 Å². The average Bonchev–Trinajstić information content (AvgIpc) is 0.920. The number of carboxylic acid groups (broad SMARTS) is 1. The van der Waals surface area contributed by atoms with Gasteiger partial charge in [-0.2, -0.15) is 0 Å². The van der Waals surface area contributed by atoms with E-state index in [2.05, 4.69) is 63.5 Å². The SMILES string of the molecule is CC(=O)NCCCC[C@@H]1NC(=O)CSC[C@@H](C(N)=O)NC(=O)[C@H](Cc2ccccc2)NC(=O)[C@@H]2CSCSC[C@H](NC1=O)C(=O)N[C@@H](CCCN=C(N)N)C(=O)NCC(=O)N[C@@H](CC(=O)O)C(=O)N2.CCOCC(=O)NCCOCCOCCOCCOCCOCCNC(=O)CCl. The Kier molecular flexibility index (Phi) is 47.5. The maximum Gasteiger partial charge on any atom is 0.305 e. The number of carbonyl (C=O) groups excluding carboxylic acids is 12. The van der Waals surface area contributed by atoms with Crippen molar-refractivity contribution in [2.24, 2.45) is 22.2 Å². The topological polar surface area (TPSA) is 520 Å². The van der Waals surface area contributed by atoms with Crippen LogP contribution in [0.15, 0.2) is 35.3 Å². The third kappa shape index (κ3) is 42.5. The minimum atomic E-state index is -1.76. The summed E-state index contributed by atoms with van der Waals surface area (Å²) in [6, 6.07) is -1.42. The first-order chi connectivity index (χ1) is 47.0. The van der Waals surface area contributed by atoms with Gasteiger partial charge in [-0.1, -0.05) is 30.3 Å².